The van der Waals surface area contributed by atoms with E-state index in [1.807, 2.05) is 25.1 Å². The summed E-state index contributed by atoms with van der Waals surface area (Å²) in [4.78, 5) is 4.53. The first-order valence-electron chi connectivity index (χ1n) is 8.69. The number of hydrogen-bond donors (Lipinski definition) is 1. The van der Waals surface area contributed by atoms with Crippen molar-refractivity contribution < 1.29 is 8.42 Å². The first kappa shape index (κ1) is 18.4. The molecule has 0 spiro atoms. The minimum Gasteiger partial charge on any atom is -0.368 e. The molecule has 1 N–H and O–H groups in total. The number of piperidine rings is 1. The van der Waals surface area contributed by atoms with Crippen molar-refractivity contribution in [1.29, 1.82) is 5.26 Å². The summed E-state index contributed by atoms with van der Waals surface area (Å²) in [5.41, 5.74) is 1.53. The van der Waals surface area contributed by atoms with E-state index in [1.165, 1.54) is 6.20 Å². The molecule has 1 atom stereocenters. The van der Waals surface area contributed by atoms with E-state index in [-0.39, 0.29) is 6.04 Å². The summed E-state index contributed by atoms with van der Waals surface area (Å²) < 4.78 is 27.7. The van der Waals surface area contributed by atoms with Gasteiger partial charge in [0.1, 0.15) is 11.9 Å². The Labute approximate surface area is 154 Å². The average Bonchev–Trinajstić information content (AvgIpc) is 2.67. The normalized spacial score (nSPS) is 18.2. The van der Waals surface area contributed by atoms with E-state index in [4.69, 9.17) is 5.26 Å². The van der Waals surface area contributed by atoms with Crippen molar-refractivity contribution in [2.75, 3.05) is 18.4 Å². The van der Waals surface area contributed by atoms with Gasteiger partial charge >= 0.3 is 0 Å². The van der Waals surface area contributed by atoms with Crippen LogP contribution in [0.25, 0.3) is 0 Å². The van der Waals surface area contributed by atoms with E-state index >= 15 is 0 Å². The van der Waals surface area contributed by atoms with E-state index in [2.05, 4.69) is 10.3 Å². The number of aromatic nitrogens is 1. The Morgan fingerprint density at radius 1 is 1.23 bits per heavy atom. The van der Waals surface area contributed by atoms with Gasteiger partial charge in [0.15, 0.2) is 0 Å². The maximum atomic E-state index is 13.1. The number of benzene rings is 1. The number of rotatable bonds is 5. The van der Waals surface area contributed by atoms with E-state index in [0.717, 1.165) is 24.8 Å². The second-order valence-corrected chi connectivity index (χ2v) is 8.39. The van der Waals surface area contributed by atoms with Crippen LogP contribution in [0.5, 0.6) is 0 Å². The van der Waals surface area contributed by atoms with Crippen LogP contribution in [0.4, 0.5) is 5.82 Å². The van der Waals surface area contributed by atoms with Crippen LogP contribution >= 0.6 is 0 Å². The van der Waals surface area contributed by atoms with Crippen LogP contribution < -0.4 is 5.32 Å². The number of nitrogens with one attached hydrogen (secondary N) is 1. The summed E-state index contributed by atoms with van der Waals surface area (Å²) in [7, 11) is -3.51. The van der Waals surface area contributed by atoms with Crippen LogP contribution in [-0.2, 0) is 10.0 Å². The fourth-order valence-corrected chi connectivity index (χ4v) is 4.82. The summed E-state index contributed by atoms with van der Waals surface area (Å²) in [6.45, 7) is 2.96. The van der Waals surface area contributed by atoms with E-state index < -0.39 is 10.0 Å². The van der Waals surface area contributed by atoms with Crippen LogP contribution in [0.2, 0.25) is 0 Å². The zero-order chi connectivity index (χ0) is 18.6. The zero-order valence-corrected chi connectivity index (χ0v) is 15.5. The van der Waals surface area contributed by atoms with Crippen molar-refractivity contribution in [3.63, 3.8) is 0 Å². The van der Waals surface area contributed by atoms with Crippen molar-refractivity contribution in [2.24, 2.45) is 0 Å². The lowest BCUT2D eigenvalue weighted by atomic mass is 10.1. The van der Waals surface area contributed by atoms with Crippen molar-refractivity contribution in [2.45, 2.75) is 37.1 Å². The minimum atomic E-state index is -3.51. The summed E-state index contributed by atoms with van der Waals surface area (Å²) in [5, 5.41) is 12.0. The number of nitriles is 1. The van der Waals surface area contributed by atoms with Gasteiger partial charge in [-0.15, -0.1) is 0 Å². The quantitative estimate of drug-likeness (QED) is 0.874. The highest BCUT2D eigenvalue weighted by molar-refractivity contribution is 7.89. The fraction of sp³-hybridized carbons (Fsp3) is 0.368. The Bertz CT molecular complexity index is 887. The van der Waals surface area contributed by atoms with Crippen molar-refractivity contribution in [3.05, 3.63) is 53.7 Å². The molecular formula is C19H22N4O2S. The maximum absolute atomic E-state index is 13.1. The molecule has 1 saturated heterocycles. The van der Waals surface area contributed by atoms with Gasteiger partial charge in [0.2, 0.25) is 10.0 Å². The van der Waals surface area contributed by atoms with Gasteiger partial charge in [0, 0.05) is 25.3 Å². The number of sulfonamides is 1. The van der Waals surface area contributed by atoms with Crippen molar-refractivity contribution in [1.82, 2.24) is 9.29 Å². The van der Waals surface area contributed by atoms with E-state index in [9.17, 15) is 8.42 Å². The first-order valence-corrected chi connectivity index (χ1v) is 10.1. The Balaban J connectivity index is 1.74. The van der Waals surface area contributed by atoms with Crippen molar-refractivity contribution in [3.8, 4) is 6.07 Å². The van der Waals surface area contributed by atoms with Gasteiger partial charge in [-0.1, -0.05) is 24.1 Å². The molecular weight excluding hydrogens is 348 g/mol. The molecule has 0 bridgehead atoms. The topological polar surface area (TPSA) is 86.1 Å². The summed E-state index contributed by atoms with van der Waals surface area (Å²) in [6, 6.07) is 12.3. The molecule has 2 aromatic rings. The molecule has 1 aromatic carbocycles. The second-order valence-electron chi connectivity index (χ2n) is 6.50. The van der Waals surface area contributed by atoms with E-state index in [1.54, 1.807) is 28.6 Å². The standard InChI is InChI=1S/C19H22N4O2S/c1-15-5-8-18(9-6-15)26(24,25)23-11-3-2-4-17(23)14-22-19-10-7-16(12-20)13-21-19/h5-10,13,17H,2-4,11,14H2,1H3,(H,21,22). The van der Waals surface area contributed by atoms with Crippen LogP contribution in [0, 0.1) is 18.3 Å². The average molecular weight is 370 g/mol. The Morgan fingerprint density at radius 2 is 2.00 bits per heavy atom. The Kier molecular flexibility index (Phi) is 5.55. The summed E-state index contributed by atoms with van der Waals surface area (Å²) in [6.07, 6.45) is 4.20. The molecule has 1 unspecified atom stereocenters. The Hall–Kier alpha value is -2.43. The SMILES string of the molecule is Cc1ccc(S(=O)(=O)N2CCCCC2CNc2ccc(C#N)cn2)cc1. The molecule has 0 aliphatic carbocycles. The highest BCUT2D eigenvalue weighted by Gasteiger charge is 2.33. The predicted octanol–water partition coefficient (Wildman–Crippen LogP) is 2.92. The van der Waals surface area contributed by atoms with Gasteiger partial charge < -0.3 is 5.32 Å². The van der Waals surface area contributed by atoms with Crippen LogP contribution in [0.15, 0.2) is 47.5 Å². The molecule has 1 fully saturated rings. The number of aryl methyl sites for hydroxylation is 1. The summed E-state index contributed by atoms with van der Waals surface area (Å²) in [5.74, 6) is 0.641. The largest absolute Gasteiger partial charge is 0.368 e. The smallest absolute Gasteiger partial charge is 0.243 e. The molecule has 1 aliphatic heterocycles. The highest BCUT2D eigenvalue weighted by atomic mass is 32.2. The van der Waals surface area contributed by atoms with Gasteiger partial charge in [-0.25, -0.2) is 13.4 Å². The third-order valence-electron chi connectivity index (χ3n) is 4.61. The molecule has 7 heteroatoms. The van der Waals surface area contributed by atoms with Crippen LogP contribution in [0.1, 0.15) is 30.4 Å². The minimum absolute atomic E-state index is 0.118. The fourth-order valence-electron chi connectivity index (χ4n) is 3.13. The lowest BCUT2D eigenvalue weighted by Gasteiger charge is -2.34. The second kappa shape index (κ2) is 7.85. The molecule has 6 nitrogen and oxygen atoms in total. The third-order valence-corrected chi connectivity index (χ3v) is 6.58. The molecule has 1 aliphatic rings. The number of pyridine rings is 1. The van der Waals surface area contributed by atoms with Crippen LogP contribution in [0.3, 0.4) is 0 Å². The number of anilines is 1. The lowest BCUT2D eigenvalue weighted by Crippen LogP contribution is -2.47. The van der Waals surface area contributed by atoms with Gasteiger partial charge in [-0.05, 0) is 44.0 Å². The van der Waals surface area contributed by atoms with E-state index in [0.29, 0.717) is 29.4 Å². The molecule has 0 amide bonds. The van der Waals surface area contributed by atoms with Crippen molar-refractivity contribution >= 4 is 15.8 Å². The van der Waals surface area contributed by atoms with Gasteiger partial charge in [-0.2, -0.15) is 9.57 Å². The van der Waals surface area contributed by atoms with Gasteiger partial charge in [0.25, 0.3) is 0 Å². The predicted molar refractivity (Wildman–Crippen MR) is 100 cm³/mol. The number of hydrogen-bond acceptors (Lipinski definition) is 5. The third kappa shape index (κ3) is 4.03. The monoisotopic (exact) mass is 370 g/mol. The maximum Gasteiger partial charge on any atom is 0.243 e. The summed E-state index contributed by atoms with van der Waals surface area (Å²) >= 11 is 0. The highest BCUT2D eigenvalue weighted by Crippen LogP contribution is 2.26. The number of nitrogens with zero attached hydrogens (tertiary/aromatic N) is 3. The lowest BCUT2D eigenvalue weighted by molar-refractivity contribution is 0.262. The molecule has 26 heavy (non-hydrogen) atoms. The first-order chi connectivity index (χ1) is 12.5. The zero-order valence-electron chi connectivity index (χ0n) is 14.7. The van der Waals surface area contributed by atoms with Crippen LogP contribution in [-0.4, -0.2) is 36.8 Å². The van der Waals surface area contributed by atoms with Gasteiger partial charge in [0.05, 0.1) is 10.5 Å². The molecule has 0 saturated carbocycles. The molecule has 136 valence electrons. The molecule has 1 aromatic heterocycles. The molecule has 0 radical (unpaired) electrons. The van der Waals surface area contributed by atoms with Gasteiger partial charge in [-0.3, -0.25) is 0 Å². The molecule has 2 heterocycles. The Morgan fingerprint density at radius 3 is 2.65 bits per heavy atom. The molecule has 3 rings (SSSR count).